The SMILES string of the molecule is Cn1ncc2c(N[C@@H]3CCC[C@H](NC(=O)O)C3)nccc21. The lowest BCUT2D eigenvalue weighted by Crippen LogP contribution is -2.41. The highest BCUT2D eigenvalue weighted by molar-refractivity contribution is 5.88. The third kappa shape index (κ3) is 2.91. The normalized spacial score (nSPS) is 22.1. The molecule has 0 spiro atoms. The van der Waals surface area contributed by atoms with Gasteiger partial charge in [0.1, 0.15) is 5.82 Å². The van der Waals surface area contributed by atoms with Crippen LogP contribution in [0.2, 0.25) is 0 Å². The molecular weight excluding hydrogens is 270 g/mol. The van der Waals surface area contributed by atoms with Crippen LogP contribution in [-0.4, -0.2) is 38.0 Å². The zero-order chi connectivity index (χ0) is 14.8. The molecule has 2 heterocycles. The Morgan fingerprint density at radius 1 is 1.43 bits per heavy atom. The minimum atomic E-state index is -0.951. The second-order valence-electron chi connectivity index (χ2n) is 5.51. The summed E-state index contributed by atoms with van der Waals surface area (Å²) in [6.07, 6.45) is 6.33. The molecule has 2 atom stereocenters. The molecule has 0 aliphatic heterocycles. The van der Waals surface area contributed by atoms with Crippen LogP contribution in [0.3, 0.4) is 0 Å². The van der Waals surface area contributed by atoms with Gasteiger partial charge in [0.15, 0.2) is 0 Å². The standard InChI is InChI=1S/C14H19N5O2/c1-19-12-5-6-15-13(11(12)8-16-19)17-9-3-2-4-10(7-9)18-14(20)21/h5-6,8-10,18H,2-4,7H2,1H3,(H,15,17)(H,20,21)/t9-,10+/m1/s1. The minimum Gasteiger partial charge on any atom is -0.465 e. The summed E-state index contributed by atoms with van der Waals surface area (Å²) >= 11 is 0. The fraction of sp³-hybridized carbons (Fsp3) is 0.500. The molecule has 1 fully saturated rings. The number of pyridine rings is 1. The minimum absolute atomic E-state index is 0.0156. The Balaban J connectivity index is 1.74. The number of nitrogens with one attached hydrogen (secondary N) is 2. The quantitative estimate of drug-likeness (QED) is 0.803. The Morgan fingerprint density at radius 3 is 3.05 bits per heavy atom. The van der Waals surface area contributed by atoms with Gasteiger partial charge < -0.3 is 15.7 Å². The van der Waals surface area contributed by atoms with Crippen molar-refractivity contribution in [2.45, 2.75) is 37.8 Å². The fourth-order valence-electron chi connectivity index (χ4n) is 3.01. The highest BCUT2D eigenvalue weighted by atomic mass is 16.4. The van der Waals surface area contributed by atoms with E-state index >= 15 is 0 Å². The van der Waals surface area contributed by atoms with Crippen LogP contribution in [0, 0.1) is 0 Å². The molecule has 3 N–H and O–H groups in total. The lowest BCUT2D eigenvalue weighted by molar-refractivity contribution is 0.185. The van der Waals surface area contributed by atoms with E-state index in [1.165, 1.54) is 0 Å². The highest BCUT2D eigenvalue weighted by Crippen LogP contribution is 2.25. The van der Waals surface area contributed by atoms with Crippen LogP contribution in [0.1, 0.15) is 25.7 Å². The van der Waals surface area contributed by atoms with Crippen LogP contribution in [0.15, 0.2) is 18.5 Å². The number of carboxylic acid groups (broad SMARTS) is 1. The number of aryl methyl sites for hydroxylation is 1. The van der Waals surface area contributed by atoms with Crippen molar-refractivity contribution in [2.24, 2.45) is 7.05 Å². The molecule has 1 amide bonds. The third-order valence-corrected chi connectivity index (χ3v) is 4.02. The van der Waals surface area contributed by atoms with Gasteiger partial charge in [-0.25, -0.2) is 9.78 Å². The summed E-state index contributed by atoms with van der Waals surface area (Å²) in [6, 6.07) is 2.18. The van der Waals surface area contributed by atoms with Crippen molar-refractivity contribution in [3.63, 3.8) is 0 Å². The van der Waals surface area contributed by atoms with Gasteiger partial charge in [0.05, 0.1) is 17.1 Å². The van der Waals surface area contributed by atoms with Crippen molar-refractivity contribution in [1.82, 2.24) is 20.1 Å². The maximum atomic E-state index is 10.8. The van der Waals surface area contributed by atoms with E-state index in [-0.39, 0.29) is 12.1 Å². The lowest BCUT2D eigenvalue weighted by atomic mass is 9.91. The first-order valence-corrected chi connectivity index (χ1v) is 7.16. The van der Waals surface area contributed by atoms with Gasteiger partial charge in [0, 0.05) is 25.3 Å². The van der Waals surface area contributed by atoms with Crippen molar-refractivity contribution in [3.05, 3.63) is 18.5 Å². The van der Waals surface area contributed by atoms with E-state index in [9.17, 15) is 4.79 Å². The molecule has 2 aromatic heterocycles. The number of aromatic nitrogens is 3. The Bertz CT molecular complexity index is 654. The molecule has 1 aliphatic carbocycles. The van der Waals surface area contributed by atoms with Gasteiger partial charge in [0.25, 0.3) is 0 Å². The second-order valence-corrected chi connectivity index (χ2v) is 5.51. The third-order valence-electron chi connectivity index (χ3n) is 4.02. The first kappa shape index (κ1) is 13.7. The van der Waals surface area contributed by atoms with E-state index in [2.05, 4.69) is 20.7 Å². The molecule has 2 aromatic rings. The number of amides is 1. The Morgan fingerprint density at radius 2 is 2.24 bits per heavy atom. The summed E-state index contributed by atoms with van der Waals surface area (Å²) < 4.78 is 1.82. The van der Waals surface area contributed by atoms with Crippen molar-refractivity contribution < 1.29 is 9.90 Å². The largest absolute Gasteiger partial charge is 0.465 e. The van der Waals surface area contributed by atoms with E-state index in [0.717, 1.165) is 42.4 Å². The van der Waals surface area contributed by atoms with E-state index in [4.69, 9.17) is 5.11 Å². The van der Waals surface area contributed by atoms with Crippen molar-refractivity contribution in [3.8, 4) is 0 Å². The molecule has 1 saturated carbocycles. The Kier molecular flexibility index (Phi) is 3.64. The number of anilines is 1. The van der Waals surface area contributed by atoms with Gasteiger partial charge in [0.2, 0.25) is 0 Å². The first-order chi connectivity index (χ1) is 10.1. The van der Waals surface area contributed by atoms with Crippen LogP contribution >= 0.6 is 0 Å². The molecular formula is C14H19N5O2. The molecule has 3 rings (SSSR count). The van der Waals surface area contributed by atoms with Gasteiger partial charge in [-0.1, -0.05) is 0 Å². The maximum absolute atomic E-state index is 10.8. The van der Waals surface area contributed by atoms with E-state index in [0.29, 0.717) is 0 Å². The Hall–Kier alpha value is -2.31. The molecule has 0 aromatic carbocycles. The smallest absolute Gasteiger partial charge is 0.404 e. The number of fused-ring (bicyclic) bond motifs is 1. The first-order valence-electron chi connectivity index (χ1n) is 7.16. The summed E-state index contributed by atoms with van der Waals surface area (Å²) in [5.41, 5.74) is 1.03. The molecule has 1 aliphatic rings. The molecule has 7 nitrogen and oxygen atoms in total. The van der Waals surface area contributed by atoms with Gasteiger partial charge in [-0.2, -0.15) is 5.10 Å². The number of hydrogen-bond donors (Lipinski definition) is 3. The molecule has 0 bridgehead atoms. The highest BCUT2D eigenvalue weighted by Gasteiger charge is 2.23. The van der Waals surface area contributed by atoms with E-state index in [1.807, 2.05) is 17.8 Å². The monoisotopic (exact) mass is 289 g/mol. The molecule has 0 saturated heterocycles. The molecule has 0 radical (unpaired) electrons. The van der Waals surface area contributed by atoms with Crippen LogP contribution in [-0.2, 0) is 7.05 Å². The van der Waals surface area contributed by atoms with Crippen LogP contribution in [0.5, 0.6) is 0 Å². The Labute approximate surface area is 122 Å². The van der Waals surface area contributed by atoms with Crippen LogP contribution in [0.4, 0.5) is 10.6 Å². The van der Waals surface area contributed by atoms with Crippen molar-refractivity contribution >= 4 is 22.8 Å². The van der Waals surface area contributed by atoms with Gasteiger partial charge in [-0.05, 0) is 31.7 Å². The summed E-state index contributed by atoms with van der Waals surface area (Å²) in [5.74, 6) is 0.821. The van der Waals surface area contributed by atoms with Gasteiger partial charge in [-0.3, -0.25) is 4.68 Å². The fourth-order valence-corrected chi connectivity index (χ4v) is 3.01. The number of nitrogens with zero attached hydrogens (tertiary/aromatic N) is 3. The van der Waals surface area contributed by atoms with Crippen molar-refractivity contribution in [2.75, 3.05) is 5.32 Å². The number of rotatable bonds is 3. The summed E-state index contributed by atoms with van der Waals surface area (Å²) in [4.78, 5) is 15.2. The van der Waals surface area contributed by atoms with Gasteiger partial charge in [-0.15, -0.1) is 0 Å². The molecule has 7 heteroatoms. The molecule has 112 valence electrons. The molecule has 0 unspecified atom stereocenters. The summed E-state index contributed by atoms with van der Waals surface area (Å²) in [7, 11) is 1.90. The van der Waals surface area contributed by atoms with Crippen molar-refractivity contribution in [1.29, 1.82) is 0 Å². The van der Waals surface area contributed by atoms with Crippen LogP contribution < -0.4 is 10.6 Å². The summed E-state index contributed by atoms with van der Waals surface area (Å²) in [5, 5.41) is 20.1. The average molecular weight is 289 g/mol. The zero-order valence-corrected chi connectivity index (χ0v) is 11.9. The van der Waals surface area contributed by atoms with Gasteiger partial charge >= 0.3 is 6.09 Å². The predicted octanol–water partition coefficient (Wildman–Crippen LogP) is 1.96. The predicted molar refractivity (Wildman–Crippen MR) is 79.3 cm³/mol. The average Bonchev–Trinajstić information content (AvgIpc) is 2.82. The summed E-state index contributed by atoms with van der Waals surface area (Å²) in [6.45, 7) is 0. The lowest BCUT2D eigenvalue weighted by Gasteiger charge is -2.30. The zero-order valence-electron chi connectivity index (χ0n) is 11.9. The van der Waals surface area contributed by atoms with Crippen LogP contribution in [0.25, 0.3) is 10.9 Å². The number of hydrogen-bond acceptors (Lipinski definition) is 4. The second kappa shape index (κ2) is 5.59. The van der Waals surface area contributed by atoms with E-state index < -0.39 is 6.09 Å². The van der Waals surface area contributed by atoms with E-state index in [1.54, 1.807) is 12.4 Å². The number of carbonyl (C=O) groups is 1. The maximum Gasteiger partial charge on any atom is 0.404 e. The molecule has 21 heavy (non-hydrogen) atoms. The topological polar surface area (TPSA) is 92.1 Å².